The van der Waals surface area contributed by atoms with Crippen molar-refractivity contribution in [1.29, 1.82) is 0 Å². The SMILES string of the molecule is Cc1cccc(C(=O)CSc2nc(C)cc(C)n2)c1. The van der Waals surface area contributed by atoms with Gasteiger partial charge in [0.05, 0.1) is 5.75 Å². The van der Waals surface area contributed by atoms with Crippen LogP contribution in [0.1, 0.15) is 27.3 Å². The van der Waals surface area contributed by atoms with E-state index in [0.29, 0.717) is 10.9 Å². The predicted molar refractivity (Wildman–Crippen MR) is 77.7 cm³/mol. The molecular formula is C15H16N2OS. The Labute approximate surface area is 117 Å². The van der Waals surface area contributed by atoms with Crippen molar-refractivity contribution in [3.05, 3.63) is 52.8 Å². The summed E-state index contributed by atoms with van der Waals surface area (Å²) in [5, 5.41) is 0.665. The average Bonchev–Trinajstić information content (AvgIpc) is 2.35. The average molecular weight is 272 g/mol. The molecule has 0 saturated carbocycles. The Balaban J connectivity index is 2.04. The molecule has 98 valence electrons. The lowest BCUT2D eigenvalue weighted by Gasteiger charge is -2.03. The van der Waals surface area contributed by atoms with Crippen LogP contribution in [0, 0.1) is 20.8 Å². The molecule has 0 N–H and O–H groups in total. The molecule has 2 aromatic rings. The van der Waals surface area contributed by atoms with Crippen LogP contribution in [0.2, 0.25) is 0 Å². The Morgan fingerprint density at radius 3 is 2.42 bits per heavy atom. The first-order valence-electron chi connectivity index (χ1n) is 6.09. The van der Waals surface area contributed by atoms with Gasteiger partial charge in [-0.05, 0) is 32.9 Å². The largest absolute Gasteiger partial charge is 0.293 e. The van der Waals surface area contributed by atoms with E-state index in [4.69, 9.17) is 0 Å². The van der Waals surface area contributed by atoms with Crippen LogP contribution in [0.5, 0.6) is 0 Å². The third kappa shape index (κ3) is 3.89. The summed E-state index contributed by atoms with van der Waals surface area (Å²) in [7, 11) is 0. The van der Waals surface area contributed by atoms with E-state index >= 15 is 0 Å². The van der Waals surface area contributed by atoms with Crippen molar-refractivity contribution < 1.29 is 4.79 Å². The molecule has 0 spiro atoms. The quantitative estimate of drug-likeness (QED) is 0.486. The highest BCUT2D eigenvalue weighted by molar-refractivity contribution is 7.99. The number of aryl methyl sites for hydroxylation is 3. The number of benzene rings is 1. The summed E-state index contributed by atoms with van der Waals surface area (Å²) in [6.07, 6.45) is 0. The van der Waals surface area contributed by atoms with Crippen LogP contribution in [-0.2, 0) is 0 Å². The van der Waals surface area contributed by atoms with Crippen LogP contribution >= 0.6 is 11.8 Å². The smallest absolute Gasteiger partial charge is 0.188 e. The summed E-state index contributed by atoms with van der Waals surface area (Å²) < 4.78 is 0. The summed E-state index contributed by atoms with van der Waals surface area (Å²) >= 11 is 1.39. The number of hydrogen-bond donors (Lipinski definition) is 0. The number of aromatic nitrogens is 2. The molecule has 0 amide bonds. The molecule has 0 saturated heterocycles. The molecule has 0 unspecified atom stereocenters. The van der Waals surface area contributed by atoms with E-state index in [1.807, 2.05) is 51.1 Å². The van der Waals surface area contributed by atoms with Crippen molar-refractivity contribution in [2.45, 2.75) is 25.9 Å². The first-order valence-corrected chi connectivity index (χ1v) is 7.08. The fraction of sp³-hybridized carbons (Fsp3) is 0.267. The lowest BCUT2D eigenvalue weighted by Crippen LogP contribution is -2.04. The molecule has 0 aliphatic rings. The van der Waals surface area contributed by atoms with Crippen LogP contribution in [0.3, 0.4) is 0 Å². The maximum absolute atomic E-state index is 12.1. The van der Waals surface area contributed by atoms with Gasteiger partial charge in [-0.3, -0.25) is 4.79 Å². The van der Waals surface area contributed by atoms with Gasteiger partial charge in [-0.1, -0.05) is 35.5 Å². The second kappa shape index (κ2) is 5.97. The Morgan fingerprint density at radius 1 is 1.11 bits per heavy atom. The zero-order valence-electron chi connectivity index (χ0n) is 11.3. The fourth-order valence-corrected chi connectivity index (χ4v) is 2.63. The molecule has 19 heavy (non-hydrogen) atoms. The summed E-state index contributed by atoms with van der Waals surface area (Å²) in [5.74, 6) is 0.475. The second-order valence-corrected chi connectivity index (χ2v) is 5.46. The highest BCUT2D eigenvalue weighted by atomic mass is 32.2. The molecule has 1 aromatic heterocycles. The van der Waals surface area contributed by atoms with E-state index in [-0.39, 0.29) is 5.78 Å². The van der Waals surface area contributed by atoms with Crippen LogP contribution in [0.25, 0.3) is 0 Å². The standard InChI is InChI=1S/C15H16N2OS/c1-10-5-4-6-13(7-10)14(18)9-19-15-16-11(2)8-12(3)17-15/h4-8H,9H2,1-3H3. The van der Waals surface area contributed by atoms with E-state index < -0.39 is 0 Å². The number of rotatable bonds is 4. The minimum atomic E-state index is 0.108. The van der Waals surface area contributed by atoms with Crippen molar-refractivity contribution in [3.63, 3.8) is 0 Å². The molecule has 0 aliphatic carbocycles. The predicted octanol–water partition coefficient (Wildman–Crippen LogP) is 3.38. The molecule has 2 rings (SSSR count). The van der Waals surface area contributed by atoms with E-state index in [2.05, 4.69) is 9.97 Å². The van der Waals surface area contributed by atoms with Gasteiger partial charge in [0.2, 0.25) is 0 Å². The van der Waals surface area contributed by atoms with E-state index in [0.717, 1.165) is 22.5 Å². The van der Waals surface area contributed by atoms with Gasteiger partial charge in [-0.2, -0.15) is 0 Å². The number of Topliss-reactive ketones (excluding diaryl/α,β-unsaturated/α-hetero) is 1. The minimum absolute atomic E-state index is 0.108. The highest BCUT2D eigenvalue weighted by Gasteiger charge is 2.08. The highest BCUT2D eigenvalue weighted by Crippen LogP contribution is 2.16. The fourth-order valence-electron chi connectivity index (χ4n) is 1.79. The Bertz CT molecular complexity index is 591. The van der Waals surface area contributed by atoms with Gasteiger partial charge >= 0.3 is 0 Å². The molecule has 0 atom stereocenters. The topological polar surface area (TPSA) is 42.9 Å². The van der Waals surface area contributed by atoms with Gasteiger partial charge in [0, 0.05) is 17.0 Å². The first kappa shape index (κ1) is 13.7. The molecule has 1 aromatic carbocycles. The van der Waals surface area contributed by atoms with Crippen molar-refractivity contribution in [2.75, 3.05) is 5.75 Å². The Hall–Kier alpha value is -1.68. The number of ketones is 1. The summed E-state index contributed by atoms with van der Waals surface area (Å²) in [5.41, 5.74) is 3.70. The van der Waals surface area contributed by atoms with Crippen LogP contribution in [0.4, 0.5) is 0 Å². The first-order chi connectivity index (χ1) is 9.04. The third-order valence-corrected chi connectivity index (χ3v) is 3.48. The molecule has 0 radical (unpaired) electrons. The minimum Gasteiger partial charge on any atom is -0.293 e. The molecule has 3 nitrogen and oxygen atoms in total. The van der Waals surface area contributed by atoms with Crippen molar-refractivity contribution in [1.82, 2.24) is 9.97 Å². The van der Waals surface area contributed by atoms with Crippen molar-refractivity contribution >= 4 is 17.5 Å². The summed E-state index contributed by atoms with van der Waals surface area (Å²) in [6, 6.07) is 9.56. The molecule has 0 bridgehead atoms. The zero-order valence-corrected chi connectivity index (χ0v) is 12.1. The van der Waals surface area contributed by atoms with Crippen LogP contribution in [-0.4, -0.2) is 21.5 Å². The molecule has 4 heteroatoms. The lowest BCUT2D eigenvalue weighted by atomic mass is 10.1. The second-order valence-electron chi connectivity index (χ2n) is 4.51. The third-order valence-electron chi connectivity index (χ3n) is 2.63. The van der Waals surface area contributed by atoms with Gasteiger partial charge in [-0.25, -0.2) is 9.97 Å². The zero-order chi connectivity index (χ0) is 13.8. The van der Waals surface area contributed by atoms with Gasteiger partial charge in [0.15, 0.2) is 10.9 Å². The molecule has 0 aliphatic heterocycles. The van der Waals surface area contributed by atoms with Gasteiger partial charge in [-0.15, -0.1) is 0 Å². The number of carbonyl (C=O) groups is 1. The molecule has 1 heterocycles. The summed E-state index contributed by atoms with van der Waals surface area (Å²) in [6.45, 7) is 5.85. The maximum Gasteiger partial charge on any atom is 0.188 e. The number of nitrogens with zero attached hydrogens (tertiary/aromatic N) is 2. The molecular weight excluding hydrogens is 256 g/mol. The van der Waals surface area contributed by atoms with Gasteiger partial charge < -0.3 is 0 Å². The summed E-state index contributed by atoms with van der Waals surface area (Å²) in [4.78, 5) is 20.7. The number of thioether (sulfide) groups is 1. The van der Waals surface area contributed by atoms with Crippen LogP contribution in [0.15, 0.2) is 35.5 Å². The Morgan fingerprint density at radius 2 is 1.79 bits per heavy atom. The van der Waals surface area contributed by atoms with Crippen molar-refractivity contribution in [2.24, 2.45) is 0 Å². The van der Waals surface area contributed by atoms with Crippen LogP contribution < -0.4 is 0 Å². The molecule has 0 fully saturated rings. The lowest BCUT2D eigenvalue weighted by molar-refractivity contribution is 0.102. The Kier molecular flexibility index (Phi) is 4.32. The number of carbonyl (C=O) groups excluding carboxylic acids is 1. The van der Waals surface area contributed by atoms with Crippen molar-refractivity contribution in [3.8, 4) is 0 Å². The normalized spacial score (nSPS) is 10.5. The van der Waals surface area contributed by atoms with E-state index in [1.54, 1.807) is 0 Å². The van der Waals surface area contributed by atoms with Gasteiger partial charge in [0.25, 0.3) is 0 Å². The maximum atomic E-state index is 12.1. The monoisotopic (exact) mass is 272 g/mol. The van der Waals surface area contributed by atoms with E-state index in [1.165, 1.54) is 11.8 Å². The van der Waals surface area contributed by atoms with E-state index in [9.17, 15) is 4.79 Å². The number of hydrogen-bond acceptors (Lipinski definition) is 4. The van der Waals surface area contributed by atoms with Gasteiger partial charge in [0.1, 0.15) is 0 Å².